The minimum Gasteiger partial charge on any atom is -0.491 e. The van der Waals surface area contributed by atoms with Gasteiger partial charge in [0, 0.05) is 11.9 Å². The number of benzene rings is 1. The highest BCUT2D eigenvalue weighted by Gasteiger charge is 2.21. The van der Waals surface area contributed by atoms with E-state index < -0.39 is 0 Å². The standard InChI is InChI=1S/C18H20N2O2/c1-11-6-17-16(18(21)20-13(3)10-22-17)8-15(11)7-14-5-4-12(2)19-9-14/h4-6,8-9,13H,7,10H2,1-3H3,(H,20,21)/t13-/m1/s1. The van der Waals surface area contributed by atoms with E-state index in [0.29, 0.717) is 17.9 Å². The molecule has 114 valence electrons. The number of amides is 1. The fourth-order valence-electron chi connectivity index (χ4n) is 2.59. The Morgan fingerprint density at radius 2 is 2.14 bits per heavy atom. The second kappa shape index (κ2) is 5.79. The Balaban J connectivity index is 1.94. The molecule has 1 aromatic heterocycles. The van der Waals surface area contributed by atoms with E-state index in [4.69, 9.17) is 4.74 Å². The van der Waals surface area contributed by atoms with Crippen LogP contribution in [0.15, 0.2) is 30.5 Å². The van der Waals surface area contributed by atoms with Crippen LogP contribution in [0.5, 0.6) is 5.75 Å². The minimum atomic E-state index is -0.0664. The van der Waals surface area contributed by atoms with E-state index in [1.807, 2.05) is 45.2 Å². The van der Waals surface area contributed by atoms with Gasteiger partial charge in [-0.25, -0.2) is 0 Å². The number of carbonyl (C=O) groups excluding carboxylic acids is 1. The number of hydrogen-bond donors (Lipinski definition) is 1. The largest absolute Gasteiger partial charge is 0.491 e. The summed E-state index contributed by atoms with van der Waals surface area (Å²) in [6, 6.07) is 8.00. The maximum atomic E-state index is 12.3. The van der Waals surface area contributed by atoms with Crippen LogP contribution in [0.25, 0.3) is 0 Å². The molecule has 0 aliphatic carbocycles. The highest BCUT2D eigenvalue weighted by molar-refractivity contribution is 5.97. The number of aromatic nitrogens is 1. The first-order valence-corrected chi connectivity index (χ1v) is 7.51. The third kappa shape index (κ3) is 2.96. The van der Waals surface area contributed by atoms with Crippen LogP contribution in [0.1, 0.15) is 39.7 Å². The molecule has 3 rings (SSSR count). The van der Waals surface area contributed by atoms with Gasteiger partial charge in [-0.2, -0.15) is 0 Å². The molecule has 0 bridgehead atoms. The predicted molar refractivity (Wildman–Crippen MR) is 85.4 cm³/mol. The van der Waals surface area contributed by atoms with Crippen LogP contribution in [-0.2, 0) is 6.42 Å². The summed E-state index contributed by atoms with van der Waals surface area (Å²) in [5.41, 5.74) is 5.01. The second-order valence-electron chi connectivity index (χ2n) is 5.94. The van der Waals surface area contributed by atoms with E-state index in [1.54, 1.807) is 0 Å². The molecule has 0 radical (unpaired) electrons. The Morgan fingerprint density at radius 3 is 2.86 bits per heavy atom. The third-order valence-electron chi connectivity index (χ3n) is 3.92. The minimum absolute atomic E-state index is 0.0185. The molecule has 22 heavy (non-hydrogen) atoms. The first kappa shape index (κ1) is 14.6. The lowest BCUT2D eigenvalue weighted by Crippen LogP contribution is -2.33. The lowest BCUT2D eigenvalue weighted by atomic mass is 9.98. The van der Waals surface area contributed by atoms with Crippen molar-refractivity contribution in [2.45, 2.75) is 33.2 Å². The zero-order chi connectivity index (χ0) is 15.7. The van der Waals surface area contributed by atoms with E-state index >= 15 is 0 Å². The molecular formula is C18H20N2O2. The lowest BCUT2D eigenvalue weighted by Gasteiger charge is -2.12. The smallest absolute Gasteiger partial charge is 0.255 e. The van der Waals surface area contributed by atoms with Gasteiger partial charge in [0.1, 0.15) is 12.4 Å². The summed E-state index contributed by atoms with van der Waals surface area (Å²) in [6.07, 6.45) is 2.65. The van der Waals surface area contributed by atoms with Crippen molar-refractivity contribution in [2.75, 3.05) is 6.61 Å². The number of aryl methyl sites for hydroxylation is 2. The first-order chi connectivity index (χ1) is 10.5. The quantitative estimate of drug-likeness (QED) is 0.927. The Morgan fingerprint density at radius 1 is 1.32 bits per heavy atom. The number of ether oxygens (including phenoxy) is 1. The summed E-state index contributed by atoms with van der Waals surface area (Å²) < 4.78 is 5.74. The molecule has 0 unspecified atom stereocenters. The summed E-state index contributed by atoms with van der Waals surface area (Å²) >= 11 is 0. The van der Waals surface area contributed by atoms with Gasteiger partial charge in [0.15, 0.2) is 0 Å². The van der Waals surface area contributed by atoms with E-state index in [2.05, 4.69) is 16.4 Å². The van der Waals surface area contributed by atoms with E-state index in [0.717, 1.165) is 28.8 Å². The average molecular weight is 296 g/mol. The van der Waals surface area contributed by atoms with Crippen LogP contribution in [0, 0.1) is 13.8 Å². The van der Waals surface area contributed by atoms with Crippen molar-refractivity contribution in [3.05, 3.63) is 58.4 Å². The topological polar surface area (TPSA) is 51.2 Å². The van der Waals surface area contributed by atoms with Crippen molar-refractivity contribution < 1.29 is 9.53 Å². The summed E-state index contributed by atoms with van der Waals surface area (Å²) in [5.74, 6) is 0.605. The van der Waals surface area contributed by atoms with Crippen LogP contribution in [0.3, 0.4) is 0 Å². The highest BCUT2D eigenvalue weighted by atomic mass is 16.5. The summed E-state index contributed by atoms with van der Waals surface area (Å²) in [5, 5.41) is 2.94. The fourth-order valence-corrected chi connectivity index (χ4v) is 2.59. The molecule has 1 aliphatic rings. The van der Waals surface area contributed by atoms with Crippen molar-refractivity contribution in [1.29, 1.82) is 0 Å². The van der Waals surface area contributed by atoms with Crippen molar-refractivity contribution in [3.8, 4) is 5.75 Å². The van der Waals surface area contributed by atoms with Crippen molar-refractivity contribution in [1.82, 2.24) is 10.3 Å². The molecule has 2 aromatic rings. The van der Waals surface area contributed by atoms with Crippen molar-refractivity contribution >= 4 is 5.91 Å². The maximum absolute atomic E-state index is 12.3. The van der Waals surface area contributed by atoms with Gasteiger partial charge in [-0.3, -0.25) is 9.78 Å². The zero-order valence-electron chi connectivity index (χ0n) is 13.1. The fraction of sp³-hybridized carbons (Fsp3) is 0.333. The van der Waals surface area contributed by atoms with Gasteiger partial charge in [-0.05, 0) is 62.1 Å². The molecule has 4 heteroatoms. The number of carbonyl (C=O) groups is 1. The van der Waals surface area contributed by atoms with Gasteiger partial charge >= 0.3 is 0 Å². The molecule has 1 aromatic carbocycles. The van der Waals surface area contributed by atoms with Gasteiger partial charge in [-0.15, -0.1) is 0 Å². The summed E-state index contributed by atoms with van der Waals surface area (Å²) in [7, 11) is 0. The molecular weight excluding hydrogens is 276 g/mol. The number of hydrogen-bond acceptors (Lipinski definition) is 3. The van der Waals surface area contributed by atoms with Crippen LogP contribution in [0.4, 0.5) is 0 Å². The lowest BCUT2D eigenvalue weighted by molar-refractivity contribution is 0.0942. The summed E-state index contributed by atoms with van der Waals surface area (Å²) in [4.78, 5) is 16.6. The van der Waals surface area contributed by atoms with E-state index in [9.17, 15) is 4.79 Å². The van der Waals surface area contributed by atoms with Crippen LogP contribution in [-0.4, -0.2) is 23.5 Å². The number of nitrogens with one attached hydrogen (secondary N) is 1. The van der Waals surface area contributed by atoms with Crippen molar-refractivity contribution in [2.24, 2.45) is 0 Å². The Bertz CT molecular complexity index is 708. The van der Waals surface area contributed by atoms with E-state index in [1.165, 1.54) is 0 Å². The first-order valence-electron chi connectivity index (χ1n) is 7.51. The third-order valence-corrected chi connectivity index (χ3v) is 3.92. The molecule has 0 saturated carbocycles. The highest BCUT2D eigenvalue weighted by Crippen LogP contribution is 2.27. The molecule has 0 spiro atoms. The molecule has 0 saturated heterocycles. The van der Waals surface area contributed by atoms with E-state index in [-0.39, 0.29) is 11.9 Å². The number of pyridine rings is 1. The second-order valence-corrected chi connectivity index (χ2v) is 5.94. The Kier molecular flexibility index (Phi) is 3.84. The number of rotatable bonds is 2. The number of nitrogens with zero attached hydrogens (tertiary/aromatic N) is 1. The van der Waals surface area contributed by atoms with Crippen LogP contribution < -0.4 is 10.1 Å². The maximum Gasteiger partial charge on any atom is 0.255 e. The van der Waals surface area contributed by atoms with Crippen molar-refractivity contribution in [3.63, 3.8) is 0 Å². The van der Waals surface area contributed by atoms with Crippen LogP contribution in [0.2, 0.25) is 0 Å². The Hall–Kier alpha value is -2.36. The van der Waals surface area contributed by atoms with Gasteiger partial charge in [0.2, 0.25) is 0 Å². The molecule has 2 heterocycles. The van der Waals surface area contributed by atoms with Gasteiger partial charge < -0.3 is 10.1 Å². The Labute approximate surface area is 130 Å². The molecule has 1 aliphatic heterocycles. The molecule has 4 nitrogen and oxygen atoms in total. The molecule has 1 amide bonds. The summed E-state index contributed by atoms with van der Waals surface area (Å²) in [6.45, 7) is 6.46. The predicted octanol–water partition coefficient (Wildman–Crippen LogP) is 2.80. The molecule has 1 atom stereocenters. The number of fused-ring (bicyclic) bond motifs is 1. The van der Waals surface area contributed by atoms with Gasteiger partial charge in [0.05, 0.1) is 11.6 Å². The normalized spacial score (nSPS) is 17.2. The average Bonchev–Trinajstić information content (AvgIpc) is 2.61. The van der Waals surface area contributed by atoms with Gasteiger partial charge in [-0.1, -0.05) is 6.07 Å². The zero-order valence-corrected chi connectivity index (χ0v) is 13.1. The SMILES string of the molecule is Cc1ccc(Cc2cc3c(cc2C)OC[C@@H](C)NC3=O)cn1. The monoisotopic (exact) mass is 296 g/mol. The molecule has 1 N–H and O–H groups in total. The van der Waals surface area contributed by atoms with Gasteiger partial charge in [0.25, 0.3) is 5.91 Å². The van der Waals surface area contributed by atoms with Crippen LogP contribution >= 0.6 is 0 Å². The molecule has 0 fully saturated rings.